The summed E-state index contributed by atoms with van der Waals surface area (Å²) >= 11 is 11.8. The van der Waals surface area contributed by atoms with Gasteiger partial charge >= 0.3 is 0 Å². The van der Waals surface area contributed by atoms with Crippen LogP contribution in [0.15, 0.2) is 41.4 Å². The van der Waals surface area contributed by atoms with E-state index < -0.39 is 10.0 Å². The average Bonchev–Trinajstić information content (AvgIpc) is 2.41. The molecular weight excluding hydrogens is 333 g/mol. The Bertz CT molecular complexity index is 751. The summed E-state index contributed by atoms with van der Waals surface area (Å²) in [6.07, 6.45) is 1.80. The number of rotatable bonds is 5. The van der Waals surface area contributed by atoms with Crippen molar-refractivity contribution in [3.05, 3.63) is 52.1 Å². The van der Waals surface area contributed by atoms with E-state index in [1.54, 1.807) is 18.2 Å². The summed E-state index contributed by atoms with van der Waals surface area (Å²) in [5.41, 5.74) is 6.29. The van der Waals surface area contributed by atoms with Gasteiger partial charge in [0, 0.05) is 28.9 Å². The quantitative estimate of drug-likeness (QED) is 0.871. The summed E-state index contributed by atoms with van der Waals surface area (Å²) in [6, 6.07) is 7.78. The highest BCUT2D eigenvalue weighted by atomic mass is 35.5. The van der Waals surface area contributed by atoms with Crippen LogP contribution in [0, 0.1) is 0 Å². The highest BCUT2D eigenvalue weighted by Gasteiger charge is 2.14. The molecule has 8 heteroatoms. The third-order valence-electron chi connectivity index (χ3n) is 2.76. The molecule has 112 valence electrons. The first-order chi connectivity index (χ1) is 9.88. The maximum atomic E-state index is 12.1. The van der Waals surface area contributed by atoms with E-state index in [9.17, 15) is 8.42 Å². The zero-order valence-electron chi connectivity index (χ0n) is 10.9. The van der Waals surface area contributed by atoms with E-state index in [0.29, 0.717) is 16.5 Å². The summed E-state index contributed by atoms with van der Waals surface area (Å²) in [5, 5.41) is 1.05. The SMILES string of the molecule is Nc1cc(S(=O)(=O)NCCc2ccc(Cl)cc2Cl)ccn1. The molecule has 0 fully saturated rings. The van der Waals surface area contributed by atoms with Gasteiger partial charge in [0.25, 0.3) is 0 Å². The van der Waals surface area contributed by atoms with Crippen molar-refractivity contribution in [1.82, 2.24) is 9.71 Å². The van der Waals surface area contributed by atoms with Crippen molar-refractivity contribution in [3.63, 3.8) is 0 Å². The molecule has 0 aliphatic rings. The minimum atomic E-state index is -3.61. The normalized spacial score (nSPS) is 11.5. The Labute approximate surface area is 133 Å². The molecule has 3 N–H and O–H groups in total. The van der Waals surface area contributed by atoms with Gasteiger partial charge in [-0.1, -0.05) is 29.3 Å². The van der Waals surface area contributed by atoms with E-state index >= 15 is 0 Å². The number of aromatic nitrogens is 1. The molecule has 0 aliphatic heterocycles. The number of halogens is 2. The van der Waals surface area contributed by atoms with Crippen molar-refractivity contribution >= 4 is 39.0 Å². The standard InChI is InChI=1S/C13H13Cl2N3O2S/c14-10-2-1-9(12(15)7-10)3-6-18-21(19,20)11-4-5-17-13(16)8-11/h1-2,4-5,7-8,18H,3,6H2,(H2,16,17). The molecule has 0 saturated carbocycles. The summed E-state index contributed by atoms with van der Waals surface area (Å²) in [5.74, 6) is 0.152. The number of pyridine rings is 1. The maximum absolute atomic E-state index is 12.1. The van der Waals surface area contributed by atoms with Crippen LogP contribution in [0.5, 0.6) is 0 Å². The highest BCUT2D eigenvalue weighted by Crippen LogP contribution is 2.21. The van der Waals surface area contributed by atoms with Gasteiger partial charge in [0.1, 0.15) is 5.82 Å². The van der Waals surface area contributed by atoms with E-state index in [1.165, 1.54) is 18.3 Å². The first kappa shape index (κ1) is 16.0. The van der Waals surface area contributed by atoms with E-state index in [1.807, 2.05) is 0 Å². The molecule has 0 atom stereocenters. The molecule has 21 heavy (non-hydrogen) atoms. The number of anilines is 1. The fraction of sp³-hybridized carbons (Fsp3) is 0.154. The molecule has 2 rings (SSSR count). The van der Waals surface area contributed by atoms with E-state index in [2.05, 4.69) is 9.71 Å². The predicted molar refractivity (Wildman–Crippen MR) is 84.0 cm³/mol. The fourth-order valence-electron chi connectivity index (χ4n) is 1.72. The fourth-order valence-corrected chi connectivity index (χ4v) is 3.28. The molecule has 5 nitrogen and oxygen atoms in total. The van der Waals surface area contributed by atoms with Gasteiger partial charge in [-0.15, -0.1) is 0 Å². The second kappa shape index (κ2) is 6.62. The molecular formula is C13H13Cl2N3O2S. The topological polar surface area (TPSA) is 85.1 Å². The van der Waals surface area contributed by atoms with Crippen molar-refractivity contribution in [2.75, 3.05) is 12.3 Å². The number of hydrogen-bond donors (Lipinski definition) is 2. The second-order valence-electron chi connectivity index (χ2n) is 4.30. The van der Waals surface area contributed by atoms with Crippen LogP contribution in [0.4, 0.5) is 5.82 Å². The lowest BCUT2D eigenvalue weighted by molar-refractivity contribution is 0.581. The lowest BCUT2D eigenvalue weighted by atomic mass is 10.1. The predicted octanol–water partition coefficient (Wildman–Crippen LogP) is 2.49. The monoisotopic (exact) mass is 345 g/mol. The number of sulfonamides is 1. The highest BCUT2D eigenvalue weighted by molar-refractivity contribution is 7.89. The molecule has 1 aromatic heterocycles. The maximum Gasteiger partial charge on any atom is 0.240 e. The lowest BCUT2D eigenvalue weighted by Crippen LogP contribution is -2.26. The number of nitrogen functional groups attached to an aromatic ring is 1. The smallest absolute Gasteiger partial charge is 0.240 e. The Hall–Kier alpha value is -1.34. The van der Waals surface area contributed by atoms with Crippen LogP contribution in [-0.2, 0) is 16.4 Å². The van der Waals surface area contributed by atoms with Gasteiger partial charge in [-0.3, -0.25) is 0 Å². The largest absolute Gasteiger partial charge is 0.384 e. The summed E-state index contributed by atoms with van der Waals surface area (Å²) in [4.78, 5) is 3.84. The molecule has 0 bridgehead atoms. The number of nitrogens with zero attached hydrogens (tertiary/aromatic N) is 1. The van der Waals surface area contributed by atoms with Crippen molar-refractivity contribution in [2.24, 2.45) is 0 Å². The van der Waals surface area contributed by atoms with Crippen LogP contribution < -0.4 is 10.5 Å². The van der Waals surface area contributed by atoms with Crippen molar-refractivity contribution in [1.29, 1.82) is 0 Å². The zero-order valence-corrected chi connectivity index (χ0v) is 13.2. The number of hydrogen-bond acceptors (Lipinski definition) is 4. The van der Waals surface area contributed by atoms with E-state index in [-0.39, 0.29) is 17.3 Å². The number of nitrogens with one attached hydrogen (secondary N) is 1. The molecule has 0 aliphatic carbocycles. The Morgan fingerprint density at radius 2 is 1.95 bits per heavy atom. The van der Waals surface area contributed by atoms with Gasteiger partial charge in [0.2, 0.25) is 10.0 Å². The van der Waals surface area contributed by atoms with Crippen LogP contribution in [0.2, 0.25) is 10.0 Å². The number of nitrogens with two attached hydrogens (primary N) is 1. The Kier molecular flexibility index (Phi) is 5.05. The van der Waals surface area contributed by atoms with Gasteiger partial charge in [-0.25, -0.2) is 18.1 Å². The van der Waals surface area contributed by atoms with Crippen LogP contribution in [0.25, 0.3) is 0 Å². The molecule has 0 amide bonds. The van der Waals surface area contributed by atoms with Crippen molar-refractivity contribution < 1.29 is 8.42 Å². The van der Waals surface area contributed by atoms with E-state index in [0.717, 1.165) is 5.56 Å². The first-order valence-corrected chi connectivity index (χ1v) is 8.27. The van der Waals surface area contributed by atoms with Gasteiger partial charge < -0.3 is 5.73 Å². The Morgan fingerprint density at radius 1 is 1.19 bits per heavy atom. The molecule has 1 heterocycles. The molecule has 0 spiro atoms. The van der Waals surface area contributed by atoms with Crippen molar-refractivity contribution in [3.8, 4) is 0 Å². The Morgan fingerprint density at radius 3 is 2.62 bits per heavy atom. The second-order valence-corrected chi connectivity index (χ2v) is 6.91. The van der Waals surface area contributed by atoms with E-state index in [4.69, 9.17) is 28.9 Å². The van der Waals surface area contributed by atoms with Crippen LogP contribution in [-0.4, -0.2) is 19.9 Å². The minimum absolute atomic E-state index is 0.0807. The van der Waals surface area contributed by atoms with Gasteiger partial charge in [0.15, 0.2) is 0 Å². The van der Waals surface area contributed by atoms with Crippen LogP contribution >= 0.6 is 23.2 Å². The first-order valence-electron chi connectivity index (χ1n) is 6.03. The summed E-state index contributed by atoms with van der Waals surface area (Å²) in [6.45, 7) is 0.214. The molecule has 2 aromatic rings. The third kappa shape index (κ3) is 4.31. The molecule has 0 unspecified atom stereocenters. The summed E-state index contributed by atoms with van der Waals surface area (Å²) in [7, 11) is -3.61. The van der Waals surface area contributed by atoms with Gasteiger partial charge in [-0.2, -0.15) is 0 Å². The van der Waals surface area contributed by atoms with Crippen molar-refractivity contribution in [2.45, 2.75) is 11.3 Å². The Balaban J connectivity index is 2.02. The molecule has 0 radical (unpaired) electrons. The summed E-state index contributed by atoms with van der Waals surface area (Å²) < 4.78 is 26.6. The minimum Gasteiger partial charge on any atom is -0.384 e. The zero-order chi connectivity index (χ0) is 15.5. The van der Waals surface area contributed by atoms with Gasteiger partial charge in [0.05, 0.1) is 4.90 Å². The lowest BCUT2D eigenvalue weighted by Gasteiger charge is -2.08. The average molecular weight is 346 g/mol. The van der Waals surface area contributed by atoms with Crippen LogP contribution in [0.1, 0.15) is 5.56 Å². The van der Waals surface area contributed by atoms with Gasteiger partial charge in [-0.05, 0) is 30.2 Å². The molecule has 1 aromatic carbocycles. The molecule has 0 saturated heterocycles. The van der Waals surface area contributed by atoms with Crippen LogP contribution in [0.3, 0.4) is 0 Å². The third-order valence-corrected chi connectivity index (χ3v) is 4.81. The number of benzene rings is 1.